The van der Waals surface area contributed by atoms with Crippen LogP contribution in [0.5, 0.6) is 0 Å². The van der Waals surface area contributed by atoms with Gasteiger partial charge in [0.25, 0.3) is 0 Å². The van der Waals surface area contributed by atoms with E-state index in [1.54, 1.807) is 0 Å². The minimum absolute atomic E-state index is 0.244. The predicted octanol–water partition coefficient (Wildman–Crippen LogP) is 3.84. The Morgan fingerprint density at radius 1 is 0.857 bits per heavy atom. The van der Waals surface area contributed by atoms with Crippen molar-refractivity contribution >= 4 is 31.9 Å². The van der Waals surface area contributed by atoms with Gasteiger partial charge in [-0.1, -0.05) is 31.9 Å². The zero-order valence-electron chi connectivity index (χ0n) is 9.14. The molecule has 0 fully saturated rings. The molecule has 0 aliphatic heterocycles. The second-order valence-corrected chi connectivity index (χ2v) is 5.44. The van der Waals surface area contributed by atoms with Gasteiger partial charge in [-0.25, -0.2) is 0 Å². The molecule has 0 heterocycles. The Morgan fingerprint density at radius 2 is 1.14 bits per heavy atom. The molecule has 0 N–H and O–H groups in total. The maximum atomic E-state index is 5.44. The highest BCUT2D eigenvalue weighted by atomic mass is 79.9. The fourth-order valence-corrected chi connectivity index (χ4v) is 1.13. The van der Waals surface area contributed by atoms with Crippen LogP contribution < -0.4 is 0 Å². The minimum atomic E-state index is 0.244. The van der Waals surface area contributed by atoms with Gasteiger partial charge in [-0.3, -0.25) is 0 Å². The number of hydrogen-bond acceptors (Lipinski definition) is 2. The molecule has 0 saturated heterocycles. The molecular weight excluding hydrogens is 312 g/mol. The summed E-state index contributed by atoms with van der Waals surface area (Å²) in [4.78, 5) is 0. The molecule has 14 heavy (non-hydrogen) atoms. The van der Waals surface area contributed by atoms with Crippen molar-refractivity contribution in [2.45, 2.75) is 39.9 Å². The molecule has 0 saturated carbocycles. The monoisotopic (exact) mass is 328 g/mol. The van der Waals surface area contributed by atoms with Gasteiger partial charge < -0.3 is 9.47 Å². The summed E-state index contributed by atoms with van der Waals surface area (Å²) < 4.78 is 12.9. The van der Waals surface area contributed by atoms with Crippen molar-refractivity contribution in [1.82, 2.24) is 0 Å². The van der Waals surface area contributed by atoms with E-state index in [1.165, 1.54) is 0 Å². The molecule has 0 aromatic carbocycles. The van der Waals surface area contributed by atoms with Crippen molar-refractivity contribution in [3.8, 4) is 0 Å². The van der Waals surface area contributed by atoms with E-state index in [0.29, 0.717) is 13.2 Å². The number of hydrogen-bond donors (Lipinski definition) is 0. The smallest absolute Gasteiger partial charge is 0.0794 e. The zero-order valence-corrected chi connectivity index (χ0v) is 12.3. The van der Waals surface area contributed by atoms with E-state index in [1.807, 2.05) is 27.7 Å². The maximum Gasteiger partial charge on any atom is 0.0794 e. The molecule has 0 bridgehead atoms. The van der Waals surface area contributed by atoms with Gasteiger partial charge in [-0.05, 0) is 27.7 Å². The lowest BCUT2D eigenvalue weighted by molar-refractivity contribution is 0.0933. The minimum Gasteiger partial charge on any atom is -0.374 e. The molecule has 0 aliphatic carbocycles. The Hall–Kier alpha value is 0.620. The highest BCUT2D eigenvalue weighted by Gasteiger charge is 2.04. The molecular formula is C10H18Br2O2. The first-order chi connectivity index (χ1) is 6.43. The summed E-state index contributed by atoms with van der Waals surface area (Å²) in [6, 6.07) is 0. The van der Waals surface area contributed by atoms with Crippen molar-refractivity contribution in [2.75, 3.05) is 13.2 Å². The first kappa shape index (κ1) is 14.6. The Balaban J connectivity index is 3.89. The Labute approximate surface area is 103 Å². The molecule has 84 valence electrons. The van der Waals surface area contributed by atoms with Gasteiger partial charge in [0.2, 0.25) is 0 Å². The first-order valence-electron chi connectivity index (χ1n) is 4.69. The van der Waals surface area contributed by atoms with Crippen LogP contribution in [0.15, 0.2) is 8.96 Å². The third-order valence-corrected chi connectivity index (χ3v) is 3.33. The van der Waals surface area contributed by atoms with Crippen LogP contribution in [0.25, 0.3) is 0 Å². The molecule has 0 unspecified atom stereocenters. The van der Waals surface area contributed by atoms with Crippen LogP contribution in [0, 0.1) is 0 Å². The van der Waals surface area contributed by atoms with Crippen LogP contribution >= 0.6 is 31.9 Å². The Kier molecular flexibility index (Phi) is 8.20. The van der Waals surface area contributed by atoms with E-state index in [2.05, 4.69) is 31.9 Å². The normalized spacial score (nSPS) is 13.7. The number of rotatable bonds is 6. The molecule has 4 heteroatoms. The summed E-state index contributed by atoms with van der Waals surface area (Å²) in [6.07, 6.45) is 0.489. The molecule has 0 amide bonds. The SMILES string of the molecule is CC(C)OC/C(Br)=C(\Br)COC(C)C. The van der Waals surface area contributed by atoms with E-state index < -0.39 is 0 Å². The van der Waals surface area contributed by atoms with E-state index in [0.717, 1.165) is 8.96 Å². The molecule has 0 radical (unpaired) electrons. The van der Waals surface area contributed by atoms with Gasteiger partial charge in [0.15, 0.2) is 0 Å². The van der Waals surface area contributed by atoms with Crippen LogP contribution in [0.3, 0.4) is 0 Å². The van der Waals surface area contributed by atoms with Gasteiger partial charge in [0, 0.05) is 8.96 Å². The number of ether oxygens (including phenoxy) is 2. The molecule has 0 aliphatic rings. The standard InChI is InChI=1S/C10H18Br2O2/c1-7(2)13-5-9(11)10(12)6-14-8(3)4/h7-8H,5-6H2,1-4H3/b10-9+. The second kappa shape index (κ2) is 7.85. The van der Waals surface area contributed by atoms with Crippen molar-refractivity contribution in [3.63, 3.8) is 0 Å². The van der Waals surface area contributed by atoms with Gasteiger partial charge in [0.05, 0.1) is 25.4 Å². The van der Waals surface area contributed by atoms with E-state index in [-0.39, 0.29) is 12.2 Å². The highest BCUT2D eigenvalue weighted by molar-refractivity contribution is 9.14. The lowest BCUT2D eigenvalue weighted by Gasteiger charge is -2.10. The summed E-state index contributed by atoms with van der Waals surface area (Å²) in [5.41, 5.74) is 0. The maximum absolute atomic E-state index is 5.44. The third kappa shape index (κ3) is 7.97. The summed E-state index contributed by atoms with van der Waals surface area (Å²) >= 11 is 6.90. The van der Waals surface area contributed by atoms with Crippen molar-refractivity contribution in [2.24, 2.45) is 0 Å². The lowest BCUT2D eigenvalue weighted by Crippen LogP contribution is -2.07. The fourth-order valence-electron chi connectivity index (χ4n) is 0.636. The Morgan fingerprint density at radius 3 is 1.36 bits per heavy atom. The zero-order chi connectivity index (χ0) is 11.1. The third-order valence-electron chi connectivity index (χ3n) is 1.38. The molecule has 0 rings (SSSR count). The molecule has 0 spiro atoms. The van der Waals surface area contributed by atoms with E-state index in [4.69, 9.17) is 9.47 Å². The molecule has 2 nitrogen and oxygen atoms in total. The van der Waals surface area contributed by atoms with Crippen molar-refractivity contribution in [1.29, 1.82) is 0 Å². The average Bonchev–Trinajstić information content (AvgIpc) is 2.09. The Bertz CT molecular complexity index is 169. The number of halogens is 2. The summed E-state index contributed by atoms with van der Waals surface area (Å²) in [6.45, 7) is 9.22. The van der Waals surface area contributed by atoms with Crippen LogP contribution in [-0.2, 0) is 9.47 Å². The largest absolute Gasteiger partial charge is 0.374 e. The van der Waals surface area contributed by atoms with Crippen molar-refractivity contribution < 1.29 is 9.47 Å². The second-order valence-electron chi connectivity index (χ2n) is 3.53. The van der Waals surface area contributed by atoms with Crippen LogP contribution in [-0.4, -0.2) is 25.4 Å². The van der Waals surface area contributed by atoms with Crippen LogP contribution in [0.4, 0.5) is 0 Å². The molecule has 0 aromatic rings. The lowest BCUT2D eigenvalue weighted by atomic mass is 10.4. The topological polar surface area (TPSA) is 18.5 Å². The van der Waals surface area contributed by atoms with Gasteiger partial charge in [-0.15, -0.1) is 0 Å². The van der Waals surface area contributed by atoms with Gasteiger partial charge in [0.1, 0.15) is 0 Å². The molecule has 0 atom stereocenters. The first-order valence-corrected chi connectivity index (χ1v) is 6.28. The van der Waals surface area contributed by atoms with Crippen LogP contribution in [0.1, 0.15) is 27.7 Å². The average molecular weight is 330 g/mol. The quantitative estimate of drug-likeness (QED) is 0.737. The highest BCUT2D eigenvalue weighted by Crippen LogP contribution is 2.19. The summed E-state index contributed by atoms with van der Waals surface area (Å²) in [5.74, 6) is 0. The molecule has 0 aromatic heterocycles. The van der Waals surface area contributed by atoms with Gasteiger partial charge >= 0.3 is 0 Å². The van der Waals surface area contributed by atoms with Crippen molar-refractivity contribution in [3.05, 3.63) is 8.96 Å². The van der Waals surface area contributed by atoms with E-state index in [9.17, 15) is 0 Å². The fraction of sp³-hybridized carbons (Fsp3) is 0.800. The van der Waals surface area contributed by atoms with Gasteiger partial charge in [-0.2, -0.15) is 0 Å². The summed E-state index contributed by atoms with van der Waals surface area (Å²) in [7, 11) is 0. The predicted molar refractivity (Wildman–Crippen MR) is 67.1 cm³/mol. The van der Waals surface area contributed by atoms with Crippen LogP contribution in [0.2, 0.25) is 0 Å². The van der Waals surface area contributed by atoms with E-state index >= 15 is 0 Å². The summed E-state index contributed by atoms with van der Waals surface area (Å²) in [5, 5.41) is 0.